The number of thiazole rings is 1. The summed E-state index contributed by atoms with van der Waals surface area (Å²) in [5, 5.41) is 0.361. The number of benzene rings is 1. The molecule has 0 spiro atoms. The van der Waals surface area contributed by atoms with Crippen molar-refractivity contribution >= 4 is 22.2 Å². The highest BCUT2D eigenvalue weighted by Crippen LogP contribution is 2.36. The SMILES string of the molecule is CN(Cc1ccc(N2CCOCC2)cc1)c1ncc(C(F)(F)F)s1. The van der Waals surface area contributed by atoms with Crippen molar-refractivity contribution in [1.29, 1.82) is 0 Å². The molecule has 0 radical (unpaired) electrons. The van der Waals surface area contributed by atoms with Crippen molar-refractivity contribution in [1.82, 2.24) is 4.98 Å². The molecule has 1 aliphatic heterocycles. The van der Waals surface area contributed by atoms with Crippen molar-refractivity contribution in [3.8, 4) is 0 Å². The highest BCUT2D eigenvalue weighted by molar-refractivity contribution is 7.15. The Labute approximate surface area is 142 Å². The monoisotopic (exact) mass is 357 g/mol. The number of hydrogen-bond donors (Lipinski definition) is 0. The largest absolute Gasteiger partial charge is 0.427 e. The number of hydrogen-bond acceptors (Lipinski definition) is 5. The van der Waals surface area contributed by atoms with E-state index in [0.717, 1.165) is 43.8 Å². The van der Waals surface area contributed by atoms with Crippen molar-refractivity contribution < 1.29 is 17.9 Å². The summed E-state index contributed by atoms with van der Waals surface area (Å²) in [5.74, 6) is 0. The van der Waals surface area contributed by atoms with Crippen LogP contribution >= 0.6 is 11.3 Å². The summed E-state index contributed by atoms with van der Waals surface area (Å²) in [7, 11) is 1.74. The number of ether oxygens (including phenoxy) is 1. The fourth-order valence-corrected chi connectivity index (χ4v) is 3.29. The van der Waals surface area contributed by atoms with Gasteiger partial charge in [-0.15, -0.1) is 0 Å². The second kappa shape index (κ2) is 6.98. The van der Waals surface area contributed by atoms with E-state index in [1.807, 2.05) is 24.3 Å². The van der Waals surface area contributed by atoms with Gasteiger partial charge in [-0.2, -0.15) is 13.2 Å². The molecule has 24 heavy (non-hydrogen) atoms. The molecule has 1 aromatic heterocycles. The van der Waals surface area contributed by atoms with Crippen molar-refractivity contribution in [2.75, 3.05) is 43.2 Å². The summed E-state index contributed by atoms with van der Waals surface area (Å²) < 4.78 is 43.3. The van der Waals surface area contributed by atoms with Gasteiger partial charge in [0, 0.05) is 32.4 Å². The lowest BCUT2D eigenvalue weighted by Crippen LogP contribution is -2.36. The maximum atomic E-state index is 12.7. The zero-order valence-electron chi connectivity index (χ0n) is 13.2. The van der Waals surface area contributed by atoms with Gasteiger partial charge in [-0.1, -0.05) is 23.5 Å². The van der Waals surface area contributed by atoms with Crippen LogP contribution in [0.2, 0.25) is 0 Å². The smallest absolute Gasteiger partial charge is 0.378 e. The van der Waals surface area contributed by atoms with Crippen LogP contribution in [-0.4, -0.2) is 38.3 Å². The predicted octanol–water partition coefficient (Wildman–Crippen LogP) is 3.63. The van der Waals surface area contributed by atoms with E-state index in [9.17, 15) is 13.2 Å². The van der Waals surface area contributed by atoms with Gasteiger partial charge in [0.05, 0.1) is 19.4 Å². The predicted molar refractivity (Wildman–Crippen MR) is 88.7 cm³/mol. The van der Waals surface area contributed by atoms with Crippen LogP contribution in [0.15, 0.2) is 30.5 Å². The number of rotatable bonds is 4. The minimum Gasteiger partial charge on any atom is -0.378 e. The topological polar surface area (TPSA) is 28.6 Å². The second-order valence-electron chi connectivity index (χ2n) is 5.63. The Morgan fingerprint density at radius 3 is 2.46 bits per heavy atom. The standard InChI is InChI=1S/C16H18F3N3OS/c1-21(15-20-10-14(24-15)16(17,18)19)11-12-2-4-13(5-3-12)22-6-8-23-9-7-22/h2-5,10H,6-9,11H2,1H3. The van der Waals surface area contributed by atoms with Gasteiger partial charge in [0.25, 0.3) is 0 Å². The molecule has 1 aliphatic rings. The Kier molecular flexibility index (Phi) is 4.96. The number of aromatic nitrogens is 1. The molecule has 8 heteroatoms. The van der Waals surface area contributed by atoms with Gasteiger partial charge in [-0.25, -0.2) is 4.98 Å². The fraction of sp³-hybridized carbons (Fsp3) is 0.438. The zero-order valence-corrected chi connectivity index (χ0v) is 14.0. The normalized spacial score (nSPS) is 15.6. The van der Waals surface area contributed by atoms with Crippen LogP contribution in [0.1, 0.15) is 10.4 Å². The van der Waals surface area contributed by atoms with E-state index in [1.165, 1.54) is 0 Å². The van der Waals surface area contributed by atoms with Crippen molar-refractivity contribution in [3.05, 3.63) is 40.9 Å². The molecule has 0 amide bonds. The molecule has 0 bridgehead atoms. The first-order valence-corrected chi connectivity index (χ1v) is 8.41. The van der Waals surface area contributed by atoms with Gasteiger partial charge >= 0.3 is 6.18 Å². The van der Waals surface area contributed by atoms with Crippen LogP contribution in [0, 0.1) is 0 Å². The van der Waals surface area contributed by atoms with Crippen LogP contribution in [0.25, 0.3) is 0 Å². The fourth-order valence-electron chi connectivity index (χ4n) is 2.55. The number of anilines is 2. The third-order valence-corrected chi connectivity index (χ3v) is 4.99. The quantitative estimate of drug-likeness (QED) is 0.835. The Bertz CT molecular complexity index is 666. The van der Waals surface area contributed by atoms with Gasteiger partial charge < -0.3 is 14.5 Å². The lowest BCUT2D eigenvalue weighted by Gasteiger charge is -2.29. The summed E-state index contributed by atoms with van der Waals surface area (Å²) in [4.78, 5) is 7.18. The maximum absolute atomic E-state index is 12.7. The summed E-state index contributed by atoms with van der Waals surface area (Å²) in [6.45, 7) is 3.72. The molecular weight excluding hydrogens is 339 g/mol. The van der Waals surface area contributed by atoms with E-state index in [1.54, 1.807) is 11.9 Å². The molecule has 2 aromatic rings. The summed E-state index contributed by atoms with van der Waals surface area (Å²) >= 11 is 0.661. The van der Waals surface area contributed by atoms with Gasteiger partial charge in [0.2, 0.25) is 0 Å². The lowest BCUT2D eigenvalue weighted by atomic mass is 10.2. The van der Waals surface area contributed by atoms with Crippen LogP contribution in [0.3, 0.4) is 0 Å². The summed E-state index contributed by atoms with van der Waals surface area (Å²) in [6.07, 6.45) is -3.45. The lowest BCUT2D eigenvalue weighted by molar-refractivity contribution is -0.134. The molecule has 0 atom stereocenters. The van der Waals surface area contributed by atoms with E-state index >= 15 is 0 Å². The first kappa shape index (κ1) is 17.0. The second-order valence-corrected chi connectivity index (χ2v) is 6.64. The minimum absolute atomic E-state index is 0.361. The molecule has 2 heterocycles. The molecule has 0 saturated carbocycles. The average molecular weight is 357 g/mol. The maximum Gasteiger partial charge on any atom is 0.427 e. The van der Waals surface area contributed by atoms with Gasteiger partial charge in [0.15, 0.2) is 5.13 Å². The van der Waals surface area contributed by atoms with E-state index < -0.39 is 11.1 Å². The highest BCUT2D eigenvalue weighted by atomic mass is 32.1. The summed E-state index contributed by atoms with van der Waals surface area (Å²) in [5.41, 5.74) is 2.16. The highest BCUT2D eigenvalue weighted by Gasteiger charge is 2.33. The number of alkyl halides is 3. The Hall–Kier alpha value is -1.80. The van der Waals surface area contributed by atoms with Crippen LogP contribution < -0.4 is 9.80 Å². The first-order valence-electron chi connectivity index (χ1n) is 7.59. The first-order chi connectivity index (χ1) is 11.4. The molecule has 0 unspecified atom stereocenters. The molecule has 1 fully saturated rings. The van der Waals surface area contributed by atoms with E-state index in [2.05, 4.69) is 9.88 Å². The number of halogens is 3. The number of nitrogens with zero attached hydrogens (tertiary/aromatic N) is 3. The van der Waals surface area contributed by atoms with Gasteiger partial charge in [0.1, 0.15) is 4.88 Å². The molecule has 0 aliphatic carbocycles. The van der Waals surface area contributed by atoms with Gasteiger partial charge in [-0.05, 0) is 17.7 Å². The summed E-state index contributed by atoms with van der Waals surface area (Å²) in [6, 6.07) is 8.08. The van der Waals surface area contributed by atoms with Crippen LogP contribution in [0.5, 0.6) is 0 Å². The molecule has 1 saturated heterocycles. The van der Waals surface area contributed by atoms with E-state index in [-0.39, 0.29) is 0 Å². The Morgan fingerprint density at radius 2 is 1.88 bits per heavy atom. The van der Waals surface area contributed by atoms with Crippen molar-refractivity contribution in [3.63, 3.8) is 0 Å². The van der Waals surface area contributed by atoms with Crippen LogP contribution in [-0.2, 0) is 17.5 Å². The molecule has 0 N–H and O–H groups in total. The molecular formula is C16H18F3N3OS. The molecule has 3 rings (SSSR count). The molecule has 4 nitrogen and oxygen atoms in total. The van der Waals surface area contributed by atoms with E-state index in [0.29, 0.717) is 23.0 Å². The Morgan fingerprint density at radius 1 is 1.21 bits per heavy atom. The minimum atomic E-state index is -4.34. The number of morpholine rings is 1. The van der Waals surface area contributed by atoms with Crippen LogP contribution in [0.4, 0.5) is 24.0 Å². The van der Waals surface area contributed by atoms with Crippen molar-refractivity contribution in [2.24, 2.45) is 0 Å². The third kappa shape index (κ3) is 3.99. The Balaban J connectivity index is 1.64. The average Bonchev–Trinajstić information content (AvgIpc) is 3.07. The molecule has 130 valence electrons. The van der Waals surface area contributed by atoms with Gasteiger partial charge in [-0.3, -0.25) is 0 Å². The zero-order chi connectivity index (χ0) is 17.2. The molecule has 1 aromatic carbocycles. The van der Waals surface area contributed by atoms with Crippen molar-refractivity contribution in [2.45, 2.75) is 12.7 Å². The van der Waals surface area contributed by atoms with E-state index in [4.69, 9.17) is 4.74 Å². The third-order valence-electron chi connectivity index (χ3n) is 3.83.